The highest BCUT2D eigenvalue weighted by Gasteiger charge is 2.48. The fourth-order valence-electron chi connectivity index (χ4n) is 10.1. The lowest BCUT2D eigenvalue weighted by Gasteiger charge is -2.43. The lowest BCUT2D eigenvalue weighted by Crippen LogP contribution is -2.60. The minimum Gasteiger partial charge on any atom is -0.437 e. The summed E-state index contributed by atoms with van der Waals surface area (Å²) in [5.41, 5.74) is 0. The van der Waals surface area contributed by atoms with Crippen LogP contribution in [0.2, 0.25) is 247 Å². The minimum atomic E-state index is -2.47. The van der Waals surface area contributed by atoms with Gasteiger partial charge < -0.3 is 64.2 Å². The molecule has 0 aliphatic heterocycles. The van der Waals surface area contributed by atoms with Crippen molar-refractivity contribution in [2.75, 3.05) is 52.9 Å². The monoisotopic (exact) mass is 1520 g/mol. The molecule has 15 nitrogen and oxygen atoms in total. The van der Waals surface area contributed by atoms with Gasteiger partial charge in [-0.05, 0) is 300 Å². The molecule has 0 aromatic heterocycles. The van der Waals surface area contributed by atoms with E-state index in [2.05, 4.69) is 223 Å². The summed E-state index contributed by atoms with van der Waals surface area (Å²) in [7, 11) is -28.3. The molecule has 1 atom stereocenters. The van der Waals surface area contributed by atoms with Crippen LogP contribution in [0.25, 0.3) is 0 Å². The molecule has 0 heterocycles. The first kappa shape index (κ1) is 107. The van der Waals surface area contributed by atoms with E-state index < -0.39 is 126 Å². The Kier molecular flexibility index (Phi) is 55.9. The molecule has 1 unspecified atom stereocenters. The second kappa shape index (κ2) is 46.1. The third-order valence-electron chi connectivity index (χ3n) is 10.1. The van der Waals surface area contributed by atoms with E-state index in [1.54, 1.807) is 0 Å². The lowest BCUT2D eigenvalue weighted by molar-refractivity contribution is 0.146. The molecular formula is C58H162O15Si15. The van der Waals surface area contributed by atoms with Crippen LogP contribution in [0.1, 0.15) is 83.1 Å². The van der Waals surface area contributed by atoms with Crippen molar-refractivity contribution in [1.29, 1.82) is 0 Å². The van der Waals surface area contributed by atoms with Gasteiger partial charge in [0.1, 0.15) is 0 Å². The van der Waals surface area contributed by atoms with Gasteiger partial charge in [-0.25, -0.2) is 0 Å². The zero-order valence-corrected chi connectivity index (χ0v) is 77.9. The molecule has 0 rings (SSSR count). The Labute approximate surface area is 569 Å². The second-order valence-electron chi connectivity index (χ2n) is 32.0. The third kappa shape index (κ3) is 72.9. The van der Waals surface area contributed by atoms with E-state index in [0.29, 0.717) is 0 Å². The molecule has 0 saturated carbocycles. The van der Waals surface area contributed by atoms with Gasteiger partial charge in [0, 0.05) is 52.9 Å². The van der Waals surface area contributed by atoms with E-state index in [4.69, 9.17) is 64.2 Å². The van der Waals surface area contributed by atoms with Crippen LogP contribution in [0.15, 0.2) is 0 Å². The Morgan fingerprint density at radius 2 is 0.318 bits per heavy atom. The molecule has 0 N–H and O–H groups in total. The summed E-state index contributed by atoms with van der Waals surface area (Å²) >= 11 is 0. The topological polar surface area (TPSA) is 138 Å². The van der Waals surface area contributed by atoms with E-state index in [9.17, 15) is 0 Å². The second-order valence-corrected chi connectivity index (χ2v) is 94.2. The maximum absolute atomic E-state index is 6.78. The van der Waals surface area contributed by atoms with Crippen LogP contribution < -0.4 is 0 Å². The quantitative estimate of drug-likeness (QED) is 0.0423. The highest BCUT2D eigenvalue weighted by Crippen LogP contribution is 2.32. The number of ether oxygens (including phenoxy) is 4. The van der Waals surface area contributed by atoms with Gasteiger partial charge in [0.25, 0.3) is 0 Å². The summed E-state index contributed by atoms with van der Waals surface area (Å²) in [5, 5.41) is 0. The fraction of sp³-hybridized carbons (Fsp3) is 1.00. The van der Waals surface area contributed by atoms with Gasteiger partial charge in [-0.15, -0.1) is 0 Å². The van der Waals surface area contributed by atoms with E-state index in [-0.39, 0.29) is 29.7 Å². The van der Waals surface area contributed by atoms with Gasteiger partial charge in [-0.3, -0.25) is 0 Å². The van der Waals surface area contributed by atoms with Crippen LogP contribution in [0.3, 0.4) is 0 Å². The molecule has 88 heavy (non-hydrogen) atoms. The third-order valence-corrected chi connectivity index (χ3v) is 60.4. The predicted octanol–water partition coefficient (Wildman–Crippen LogP) is 21.5. The van der Waals surface area contributed by atoms with E-state index in [1.165, 1.54) is 0 Å². The first-order valence-corrected chi connectivity index (χ1v) is 77.9. The van der Waals surface area contributed by atoms with Gasteiger partial charge >= 0.3 is 59.9 Å². The van der Waals surface area contributed by atoms with Crippen LogP contribution in [-0.2, 0) is 64.2 Å². The van der Waals surface area contributed by atoms with Crippen LogP contribution in [0.4, 0.5) is 0 Å². The van der Waals surface area contributed by atoms with Crippen molar-refractivity contribution >= 4 is 126 Å². The summed E-state index contributed by atoms with van der Waals surface area (Å²) in [4.78, 5) is 0. The molecule has 0 radical (unpaired) electrons. The molecule has 0 aliphatic rings. The normalized spacial score (nSPS) is 14.2. The molecule has 0 aliphatic carbocycles. The largest absolute Gasteiger partial charge is 0.437 e. The van der Waals surface area contributed by atoms with E-state index >= 15 is 0 Å². The van der Waals surface area contributed by atoms with Crippen molar-refractivity contribution < 1.29 is 64.2 Å². The Bertz CT molecular complexity index is 1520. The fourth-order valence-corrected chi connectivity index (χ4v) is 76.1. The summed E-state index contributed by atoms with van der Waals surface area (Å²) in [6.07, 6.45) is 4.09. The molecule has 0 amide bonds. The Morgan fingerprint density at radius 1 is 0.182 bits per heavy atom. The lowest BCUT2D eigenvalue weighted by atomic mass is 10.5. The molecule has 544 valence electrons. The molecule has 0 fully saturated rings. The molecule has 0 aromatic carbocycles. The first-order valence-electron chi connectivity index (χ1n) is 32.0. The molecule has 0 aromatic rings. The van der Waals surface area contributed by atoms with Crippen LogP contribution in [0, 0.1) is 0 Å². The molecule has 0 bridgehead atoms. The van der Waals surface area contributed by atoms with Crippen LogP contribution in [0.5, 0.6) is 0 Å². The van der Waals surface area contributed by atoms with Crippen molar-refractivity contribution in [3.8, 4) is 0 Å². The standard InChI is InChI=1S/C18H50O6Si6.3C12H32O3Si3.4CH4/c1-15-19-17-16-18-30(14,21-26(5,6)7)24-29(12,13)23-28(10,11)22-27(8,9)20-25(2,3)4;3*1-9-13-11-10-12-18(8,14-16(2,3)4)15-17(5,6)7;;;;/h15-18H2,1-14H3;3*9-12H2,1-8H3;4*1H4. The van der Waals surface area contributed by atoms with Gasteiger partial charge in [0.15, 0.2) is 66.5 Å². The van der Waals surface area contributed by atoms with Gasteiger partial charge in [0.05, 0.1) is 0 Å². The van der Waals surface area contributed by atoms with Gasteiger partial charge in [-0.1, -0.05) is 29.7 Å². The van der Waals surface area contributed by atoms with E-state index in [1.807, 2.05) is 27.7 Å². The minimum absolute atomic E-state index is 0. The van der Waals surface area contributed by atoms with Crippen molar-refractivity contribution in [1.82, 2.24) is 0 Å². The Hall–Kier alpha value is 2.65. The summed E-state index contributed by atoms with van der Waals surface area (Å²) in [6, 6.07) is 4.05. The summed E-state index contributed by atoms with van der Waals surface area (Å²) in [5.74, 6) is 0. The summed E-state index contributed by atoms with van der Waals surface area (Å²) in [6.45, 7) is 89.8. The number of rotatable bonds is 42. The van der Waals surface area contributed by atoms with Crippen molar-refractivity contribution in [3.05, 3.63) is 0 Å². The first-order chi connectivity index (χ1) is 37.0. The molecular weight excluding hydrogens is 1360 g/mol. The maximum Gasteiger partial charge on any atom is 0.315 e. The van der Waals surface area contributed by atoms with Crippen LogP contribution >= 0.6 is 0 Å². The zero-order valence-electron chi connectivity index (χ0n) is 62.9. The van der Waals surface area contributed by atoms with E-state index in [0.717, 1.165) is 103 Å². The number of hydrogen-bond acceptors (Lipinski definition) is 15. The summed E-state index contributed by atoms with van der Waals surface area (Å²) < 4.78 is 93.3. The average molecular weight is 1520 g/mol. The molecule has 0 spiro atoms. The SMILES string of the molecule is C.C.C.C.CCOCCC[Si](C)(O[Si](C)(C)C)O[Si](C)(C)C.CCOCCC[Si](C)(O[Si](C)(C)C)O[Si](C)(C)C.CCOCCC[Si](C)(O[Si](C)(C)C)O[Si](C)(C)C.CCOCCC[Si](C)(O[Si](C)(C)C)O[Si](C)(C)O[Si](C)(C)O[Si](C)(C)O[Si](C)(C)C. The predicted molar refractivity (Wildman–Crippen MR) is 428 cm³/mol. The highest BCUT2D eigenvalue weighted by molar-refractivity contribution is 6.92. The average Bonchev–Trinajstić information content (AvgIpc) is 3.15. The molecule has 0 saturated heterocycles. The van der Waals surface area contributed by atoms with Gasteiger partial charge in [0.2, 0.25) is 0 Å². The maximum atomic E-state index is 6.78. The smallest absolute Gasteiger partial charge is 0.315 e. The zero-order chi connectivity index (χ0) is 67.4. The van der Waals surface area contributed by atoms with Crippen molar-refractivity contribution in [2.24, 2.45) is 0 Å². The van der Waals surface area contributed by atoms with Crippen molar-refractivity contribution in [2.45, 2.75) is 330 Å². The Morgan fingerprint density at radius 3 is 0.466 bits per heavy atom. The van der Waals surface area contributed by atoms with Crippen LogP contribution in [-0.4, -0.2) is 179 Å². The number of hydrogen-bond donors (Lipinski definition) is 0. The van der Waals surface area contributed by atoms with Crippen molar-refractivity contribution in [3.63, 3.8) is 0 Å². The highest BCUT2D eigenvalue weighted by atomic mass is 28.5. The Balaban J connectivity index is -0.000000164. The van der Waals surface area contributed by atoms with Gasteiger partial charge in [-0.2, -0.15) is 0 Å². The molecule has 30 heteroatoms.